The van der Waals surface area contributed by atoms with Gasteiger partial charge in [-0.2, -0.15) is 0 Å². The Morgan fingerprint density at radius 1 is 1.35 bits per heavy atom. The SMILES string of the molecule is CCN[C@H]1CCOC[C@@H]1Cc1ccccc1C. The van der Waals surface area contributed by atoms with Crippen LogP contribution in [0.3, 0.4) is 0 Å². The average Bonchev–Trinajstić information content (AvgIpc) is 2.35. The molecule has 0 unspecified atom stereocenters. The number of benzene rings is 1. The summed E-state index contributed by atoms with van der Waals surface area (Å²) < 4.78 is 5.63. The van der Waals surface area contributed by atoms with Crippen LogP contribution in [0.25, 0.3) is 0 Å². The molecule has 94 valence electrons. The molecule has 1 aromatic rings. The van der Waals surface area contributed by atoms with E-state index in [1.807, 2.05) is 0 Å². The fourth-order valence-corrected chi connectivity index (χ4v) is 2.65. The van der Waals surface area contributed by atoms with Crippen LogP contribution >= 0.6 is 0 Å². The molecule has 0 saturated carbocycles. The lowest BCUT2D eigenvalue weighted by Gasteiger charge is -2.32. The first-order valence-electron chi connectivity index (χ1n) is 6.67. The zero-order valence-corrected chi connectivity index (χ0v) is 10.9. The number of hydrogen-bond acceptors (Lipinski definition) is 2. The summed E-state index contributed by atoms with van der Waals surface area (Å²) in [5.74, 6) is 0.616. The van der Waals surface area contributed by atoms with Gasteiger partial charge in [0, 0.05) is 18.6 Å². The first-order chi connectivity index (χ1) is 8.31. The van der Waals surface area contributed by atoms with E-state index in [-0.39, 0.29) is 0 Å². The van der Waals surface area contributed by atoms with E-state index in [0.29, 0.717) is 12.0 Å². The van der Waals surface area contributed by atoms with Crippen LogP contribution in [0, 0.1) is 12.8 Å². The van der Waals surface area contributed by atoms with Crippen molar-refractivity contribution < 1.29 is 4.74 Å². The summed E-state index contributed by atoms with van der Waals surface area (Å²) in [6.45, 7) is 7.23. The van der Waals surface area contributed by atoms with Gasteiger partial charge >= 0.3 is 0 Å². The second-order valence-corrected chi connectivity index (χ2v) is 4.92. The Labute approximate surface area is 104 Å². The largest absolute Gasteiger partial charge is 0.381 e. The summed E-state index contributed by atoms with van der Waals surface area (Å²) in [6, 6.07) is 9.30. The van der Waals surface area contributed by atoms with Crippen molar-refractivity contribution in [1.82, 2.24) is 5.32 Å². The molecule has 0 aromatic heterocycles. The molecular weight excluding hydrogens is 210 g/mol. The van der Waals surface area contributed by atoms with Crippen LogP contribution in [0.15, 0.2) is 24.3 Å². The van der Waals surface area contributed by atoms with Crippen molar-refractivity contribution in [2.75, 3.05) is 19.8 Å². The van der Waals surface area contributed by atoms with E-state index in [9.17, 15) is 0 Å². The summed E-state index contributed by atoms with van der Waals surface area (Å²) >= 11 is 0. The molecule has 0 bridgehead atoms. The van der Waals surface area contributed by atoms with Gasteiger partial charge in [-0.3, -0.25) is 0 Å². The molecule has 0 aliphatic carbocycles. The molecule has 1 heterocycles. The third-order valence-electron chi connectivity index (χ3n) is 3.68. The van der Waals surface area contributed by atoms with E-state index >= 15 is 0 Å². The molecule has 17 heavy (non-hydrogen) atoms. The van der Waals surface area contributed by atoms with Gasteiger partial charge in [0.1, 0.15) is 0 Å². The van der Waals surface area contributed by atoms with Crippen molar-refractivity contribution in [2.45, 2.75) is 32.7 Å². The highest BCUT2D eigenvalue weighted by Crippen LogP contribution is 2.21. The van der Waals surface area contributed by atoms with E-state index < -0.39 is 0 Å². The van der Waals surface area contributed by atoms with E-state index in [2.05, 4.69) is 43.4 Å². The van der Waals surface area contributed by atoms with Crippen molar-refractivity contribution >= 4 is 0 Å². The van der Waals surface area contributed by atoms with E-state index in [1.54, 1.807) is 0 Å². The van der Waals surface area contributed by atoms with Crippen LogP contribution in [0.4, 0.5) is 0 Å². The topological polar surface area (TPSA) is 21.3 Å². The van der Waals surface area contributed by atoms with Crippen molar-refractivity contribution in [1.29, 1.82) is 0 Å². The lowest BCUT2D eigenvalue weighted by molar-refractivity contribution is 0.0326. The molecule has 0 spiro atoms. The summed E-state index contributed by atoms with van der Waals surface area (Å²) in [7, 11) is 0. The Morgan fingerprint density at radius 2 is 2.18 bits per heavy atom. The number of ether oxygens (including phenoxy) is 1. The quantitative estimate of drug-likeness (QED) is 0.863. The van der Waals surface area contributed by atoms with Crippen molar-refractivity contribution in [2.24, 2.45) is 5.92 Å². The number of aryl methyl sites for hydroxylation is 1. The van der Waals surface area contributed by atoms with Gasteiger partial charge in [-0.15, -0.1) is 0 Å². The third-order valence-corrected chi connectivity index (χ3v) is 3.68. The molecule has 1 N–H and O–H groups in total. The Hall–Kier alpha value is -0.860. The predicted molar refractivity (Wildman–Crippen MR) is 71.3 cm³/mol. The van der Waals surface area contributed by atoms with Crippen LogP contribution in [0.5, 0.6) is 0 Å². The maximum atomic E-state index is 5.63. The minimum absolute atomic E-state index is 0.616. The molecule has 1 saturated heterocycles. The lowest BCUT2D eigenvalue weighted by atomic mass is 9.88. The molecule has 2 nitrogen and oxygen atoms in total. The zero-order valence-electron chi connectivity index (χ0n) is 10.9. The Morgan fingerprint density at radius 3 is 2.94 bits per heavy atom. The molecule has 0 radical (unpaired) electrons. The van der Waals surface area contributed by atoms with Crippen molar-refractivity contribution in [3.63, 3.8) is 0 Å². The smallest absolute Gasteiger partial charge is 0.0512 e. The molecule has 0 amide bonds. The second kappa shape index (κ2) is 6.18. The molecule has 2 heteroatoms. The molecule has 1 aliphatic rings. The molecule has 2 rings (SSSR count). The van der Waals surface area contributed by atoms with Gasteiger partial charge in [-0.25, -0.2) is 0 Å². The maximum Gasteiger partial charge on any atom is 0.0512 e. The number of hydrogen-bond donors (Lipinski definition) is 1. The maximum absolute atomic E-state index is 5.63. The van der Waals surface area contributed by atoms with Gasteiger partial charge in [0.25, 0.3) is 0 Å². The van der Waals surface area contributed by atoms with Gasteiger partial charge in [0.2, 0.25) is 0 Å². The molecule has 2 atom stereocenters. The average molecular weight is 233 g/mol. The fraction of sp³-hybridized carbons (Fsp3) is 0.600. The number of nitrogens with one attached hydrogen (secondary N) is 1. The van der Waals surface area contributed by atoms with E-state index in [0.717, 1.165) is 32.6 Å². The summed E-state index contributed by atoms with van der Waals surface area (Å²) in [5, 5.41) is 3.59. The van der Waals surface area contributed by atoms with Crippen molar-refractivity contribution in [3.8, 4) is 0 Å². The van der Waals surface area contributed by atoms with Gasteiger partial charge in [0.05, 0.1) is 6.61 Å². The monoisotopic (exact) mass is 233 g/mol. The highest BCUT2D eigenvalue weighted by Gasteiger charge is 2.25. The molecule has 1 fully saturated rings. The predicted octanol–water partition coefficient (Wildman–Crippen LogP) is 2.55. The fourth-order valence-electron chi connectivity index (χ4n) is 2.65. The lowest BCUT2D eigenvalue weighted by Crippen LogP contribution is -2.43. The van der Waals surface area contributed by atoms with Crippen molar-refractivity contribution in [3.05, 3.63) is 35.4 Å². The van der Waals surface area contributed by atoms with Crippen LogP contribution in [0.2, 0.25) is 0 Å². The minimum Gasteiger partial charge on any atom is -0.381 e. The summed E-state index contributed by atoms with van der Waals surface area (Å²) in [6.07, 6.45) is 2.27. The first-order valence-corrected chi connectivity index (χ1v) is 6.67. The normalized spacial score (nSPS) is 24.8. The Bertz CT molecular complexity index is 349. The third kappa shape index (κ3) is 3.30. The van der Waals surface area contributed by atoms with Gasteiger partial charge in [-0.05, 0) is 37.4 Å². The summed E-state index contributed by atoms with van der Waals surface area (Å²) in [5.41, 5.74) is 2.86. The first kappa shape index (κ1) is 12.6. The van der Waals surface area contributed by atoms with Crippen LogP contribution < -0.4 is 5.32 Å². The Balaban J connectivity index is 2.03. The number of rotatable bonds is 4. The van der Waals surface area contributed by atoms with Gasteiger partial charge in [-0.1, -0.05) is 31.2 Å². The minimum atomic E-state index is 0.616. The van der Waals surface area contributed by atoms with E-state index in [1.165, 1.54) is 11.1 Å². The van der Waals surface area contributed by atoms with Crippen LogP contribution in [-0.2, 0) is 11.2 Å². The molecular formula is C15H23NO. The Kier molecular flexibility index (Phi) is 4.57. The highest BCUT2D eigenvalue weighted by atomic mass is 16.5. The second-order valence-electron chi connectivity index (χ2n) is 4.92. The summed E-state index contributed by atoms with van der Waals surface area (Å²) in [4.78, 5) is 0. The van der Waals surface area contributed by atoms with Gasteiger partial charge in [0.15, 0.2) is 0 Å². The van der Waals surface area contributed by atoms with E-state index in [4.69, 9.17) is 4.74 Å². The zero-order chi connectivity index (χ0) is 12.1. The standard InChI is InChI=1S/C15H23NO/c1-3-16-15-8-9-17-11-14(15)10-13-7-5-4-6-12(13)2/h4-7,14-16H,3,8-11H2,1-2H3/t14-,15-/m0/s1. The van der Waals surface area contributed by atoms with Crippen LogP contribution in [0.1, 0.15) is 24.5 Å². The van der Waals surface area contributed by atoms with Gasteiger partial charge < -0.3 is 10.1 Å². The molecule has 1 aromatic carbocycles. The van der Waals surface area contributed by atoms with Crippen LogP contribution in [-0.4, -0.2) is 25.8 Å². The highest BCUT2D eigenvalue weighted by molar-refractivity contribution is 5.26. The molecule has 1 aliphatic heterocycles.